The van der Waals surface area contributed by atoms with Crippen molar-refractivity contribution in [3.63, 3.8) is 0 Å². The third-order valence-electron chi connectivity index (χ3n) is 3.88. The Morgan fingerprint density at radius 2 is 1.00 bits per heavy atom. The first-order chi connectivity index (χ1) is 19.0. The smallest absolute Gasteiger partial charge is 0.0623 e. The van der Waals surface area contributed by atoms with E-state index in [9.17, 15) is 0 Å². The Kier molecular flexibility index (Phi) is 1.99. The van der Waals surface area contributed by atoms with Crippen LogP contribution in [0.3, 0.4) is 0 Å². The zero-order valence-corrected chi connectivity index (χ0v) is 15.8. The van der Waals surface area contributed by atoms with Gasteiger partial charge in [0.25, 0.3) is 0 Å². The molecule has 0 aromatic heterocycles. The minimum absolute atomic E-state index is 0.0578. The molecular formula is C24H19BrSi. The summed E-state index contributed by atoms with van der Waals surface area (Å²) >= 11 is 3.33. The van der Waals surface area contributed by atoms with Gasteiger partial charge in [-0.15, -0.1) is 0 Å². The van der Waals surface area contributed by atoms with Crippen LogP contribution in [0.4, 0.5) is 0 Å². The molecule has 0 nitrogen and oxygen atoms in total. The fraction of sp³-hybridized carbons (Fsp3) is 0. The minimum Gasteiger partial charge on any atom is -0.0623 e. The van der Waals surface area contributed by atoms with Crippen LogP contribution in [-0.4, -0.2) is 8.07 Å². The maximum Gasteiger partial charge on any atom is 0.179 e. The molecule has 0 heterocycles. The van der Waals surface area contributed by atoms with Crippen LogP contribution >= 0.6 is 15.9 Å². The molecule has 0 fully saturated rings. The van der Waals surface area contributed by atoms with Crippen LogP contribution in [0.1, 0.15) is 20.6 Å². The normalized spacial score (nSPS) is 19.3. The van der Waals surface area contributed by atoms with Crippen LogP contribution in [0.2, 0.25) is 0 Å². The van der Waals surface area contributed by atoms with E-state index in [4.69, 9.17) is 20.6 Å². The van der Waals surface area contributed by atoms with E-state index in [-0.39, 0.29) is 5.19 Å². The maximum absolute atomic E-state index is 8.92. The fourth-order valence-corrected chi connectivity index (χ4v) is 7.29. The molecule has 0 radical (unpaired) electrons. The van der Waals surface area contributed by atoms with Gasteiger partial charge in [0.1, 0.15) is 0 Å². The summed E-state index contributed by atoms with van der Waals surface area (Å²) in [6, 6.07) is -5.86. The predicted octanol–water partition coefficient (Wildman–Crippen LogP) is 3.83. The Labute approximate surface area is 185 Å². The Morgan fingerprint density at radius 1 is 0.577 bits per heavy atom. The Morgan fingerprint density at radius 3 is 1.38 bits per heavy atom. The first kappa shape index (κ1) is 6.95. The summed E-state index contributed by atoms with van der Waals surface area (Å²) < 4.78 is 129. The Balaban J connectivity index is 2.57. The van der Waals surface area contributed by atoms with E-state index in [0.29, 0.717) is 4.47 Å². The molecule has 0 amide bonds. The average molecular weight is 430 g/mol. The van der Waals surface area contributed by atoms with Crippen molar-refractivity contribution in [2.24, 2.45) is 0 Å². The molecule has 126 valence electrons. The number of halogens is 1. The molecule has 0 saturated carbocycles. The summed E-state index contributed by atoms with van der Waals surface area (Å²) in [5.74, 6) is 0. The lowest BCUT2D eigenvalue weighted by molar-refractivity contribution is 1.64. The molecule has 0 spiro atoms. The van der Waals surface area contributed by atoms with Crippen molar-refractivity contribution < 1.29 is 20.6 Å². The quantitative estimate of drug-likeness (QED) is 0.341. The van der Waals surface area contributed by atoms with Crippen LogP contribution < -0.4 is 20.7 Å². The van der Waals surface area contributed by atoms with Gasteiger partial charge in [-0.2, -0.15) is 0 Å². The molecule has 0 bridgehead atoms. The summed E-state index contributed by atoms with van der Waals surface area (Å²) in [5.41, 5.74) is 0. The van der Waals surface area contributed by atoms with Gasteiger partial charge in [-0.25, -0.2) is 0 Å². The van der Waals surface area contributed by atoms with Gasteiger partial charge in [0.2, 0.25) is 0 Å². The highest BCUT2D eigenvalue weighted by Crippen LogP contribution is 2.13. The van der Waals surface area contributed by atoms with Crippen molar-refractivity contribution in [2.45, 2.75) is 0 Å². The molecule has 4 aromatic rings. The van der Waals surface area contributed by atoms with Crippen molar-refractivity contribution in [1.29, 1.82) is 0 Å². The predicted molar refractivity (Wildman–Crippen MR) is 118 cm³/mol. The van der Waals surface area contributed by atoms with E-state index >= 15 is 0 Å². The van der Waals surface area contributed by atoms with E-state index in [1.165, 1.54) is 18.2 Å². The lowest BCUT2D eigenvalue weighted by Crippen LogP contribution is -2.74. The summed E-state index contributed by atoms with van der Waals surface area (Å²) in [5, 5.41) is -1.49. The largest absolute Gasteiger partial charge is 0.179 e. The zero-order valence-electron chi connectivity index (χ0n) is 28.2. The van der Waals surface area contributed by atoms with E-state index < -0.39 is 114 Å². The van der Waals surface area contributed by atoms with Crippen molar-refractivity contribution in [3.05, 3.63) is 119 Å². The van der Waals surface area contributed by atoms with Crippen LogP contribution in [0, 0.1) is 0 Å². The second-order valence-electron chi connectivity index (χ2n) is 5.26. The van der Waals surface area contributed by atoms with Gasteiger partial charge in [0, 0.05) is 4.47 Å². The van der Waals surface area contributed by atoms with Gasteiger partial charge in [0.05, 0.1) is 20.6 Å². The van der Waals surface area contributed by atoms with Crippen molar-refractivity contribution >= 4 is 44.8 Å². The van der Waals surface area contributed by atoms with Crippen molar-refractivity contribution in [1.82, 2.24) is 0 Å². The molecule has 0 atom stereocenters. The molecule has 0 unspecified atom stereocenters. The topological polar surface area (TPSA) is 0 Å². The van der Waals surface area contributed by atoms with Crippen LogP contribution in [0.25, 0.3) is 0 Å². The van der Waals surface area contributed by atoms with Gasteiger partial charge < -0.3 is 0 Å². The average Bonchev–Trinajstić information content (AvgIpc) is 2.94. The minimum atomic E-state index is -4.98. The lowest BCUT2D eigenvalue weighted by Gasteiger charge is -2.34. The Bertz CT molecular complexity index is 1520. The van der Waals surface area contributed by atoms with E-state index in [1.54, 1.807) is 6.07 Å². The number of hydrogen-bond acceptors (Lipinski definition) is 0. The van der Waals surface area contributed by atoms with Gasteiger partial charge in [-0.3, -0.25) is 0 Å². The van der Waals surface area contributed by atoms with Crippen LogP contribution in [0.5, 0.6) is 0 Å². The van der Waals surface area contributed by atoms with E-state index in [1.807, 2.05) is 0 Å². The highest BCUT2D eigenvalue weighted by atomic mass is 79.9. The molecule has 2 heteroatoms. The third kappa shape index (κ3) is 2.96. The summed E-state index contributed by atoms with van der Waals surface area (Å²) in [4.78, 5) is 0. The second-order valence-corrected chi connectivity index (χ2v) is 9.75. The standard InChI is InChI=1S/C24H19BrSi/c25-20-11-10-18-24(19-20)26(21-12-4-1-5-13-21,22-14-6-2-7-15-22)23-16-8-3-9-17-23/h1-19H/i1D,2D,3D,4D,5D,6D,7D,8D,9D,12D,13D,14D,15D,16D,17D. The number of hydrogen-bond donors (Lipinski definition) is 0. The molecule has 0 aliphatic heterocycles. The first-order valence-electron chi connectivity index (χ1n) is 15.0. The summed E-state index contributed by atoms with van der Waals surface area (Å²) in [6.07, 6.45) is 0. The first-order valence-corrected chi connectivity index (χ1v) is 10.3. The van der Waals surface area contributed by atoms with E-state index in [0.717, 1.165) is 0 Å². The molecule has 4 aromatic carbocycles. The highest BCUT2D eigenvalue weighted by molar-refractivity contribution is 9.10. The SMILES string of the molecule is [2H]c1c([2H])c([2H])c([Si](c2cccc(Br)c2)(c2c([2H])c([2H])c([2H])c([2H])c2[2H])c2c([2H])c([2H])c([2H])c([2H])c2[2H])c([2H])c1[2H]. The van der Waals surface area contributed by atoms with Gasteiger partial charge in [-0.1, -0.05) is 119 Å². The molecule has 0 aliphatic rings. The molecule has 26 heavy (non-hydrogen) atoms. The lowest BCUT2D eigenvalue weighted by atomic mass is 10.3. The van der Waals surface area contributed by atoms with Crippen molar-refractivity contribution in [2.75, 3.05) is 0 Å². The second kappa shape index (κ2) is 7.44. The van der Waals surface area contributed by atoms with Crippen LogP contribution in [-0.2, 0) is 0 Å². The third-order valence-corrected chi connectivity index (χ3v) is 8.55. The van der Waals surface area contributed by atoms with E-state index in [2.05, 4.69) is 15.9 Å². The van der Waals surface area contributed by atoms with Gasteiger partial charge in [-0.05, 0) is 32.9 Å². The zero-order chi connectivity index (χ0) is 30.9. The fourth-order valence-electron chi connectivity index (χ4n) is 2.84. The van der Waals surface area contributed by atoms with Gasteiger partial charge in [0.15, 0.2) is 8.07 Å². The molecule has 0 aliphatic carbocycles. The molecule has 4 rings (SSSR count). The molecule has 0 N–H and O–H groups in total. The highest BCUT2D eigenvalue weighted by Gasteiger charge is 2.41. The number of benzene rings is 4. The maximum atomic E-state index is 8.92. The number of rotatable bonds is 4. The molecule has 0 saturated heterocycles. The molecular weight excluding hydrogens is 396 g/mol. The summed E-state index contributed by atoms with van der Waals surface area (Å²) in [6.45, 7) is 0. The van der Waals surface area contributed by atoms with Gasteiger partial charge >= 0.3 is 0 Å². The van der Waals surface area contributed by atoms with Crippen LogP contribution in [0.15, 0.2) is 119 Å². The summed E-state index contributed by atoms with van der Waals surface area (Å²) in [7, 11) is -4.98. The monoisotopic (exact) mass is 429 g/mol. The van der Waals surface area contributed by atoms with Crippen molar-refractivity contribution in [3.8, 4) is 0 Å². The Hall–Kier alpha value is -2.42.